The van der Waals surface area contributed by atoms with Crippen molar-refractivity contribution in [2.24, 2.45) is 0 Å². The molecule has 0 aliphatic rings. The van der Waals surface area contributed by atoms with E-state index in [1.165, 1.54) is 37.9 Å². The van der Waals surface area contributed by atoms with E-state index in [0.717, 1.165) is 0 Å². The van der Waals surface area contributed by atoms with Crippen LogP contribution < -0.4 is 4.84 Å². The largest absolute Gasteiger partial charge is 0.229 e. The van der Waals surface area contributed by atoms with Crippen LogP contribution in [0.25, 0.3) is 32.3 Å². The van der Waals surface area contributed by atoms with Crippen LogP contribution in [0.4, 0.5) is 0 Å². The highest BCUT2D eigenvalue weighted by molar-refractivity contribution is 6.23. The van der Waals surface area contributed by atoms with Crippen LogP contribution in [0.15, 0.2) is 54.6 Å². The first-order chi connectivity index (χ1) is 9.36. The average Bonchev–Trinajstić information content (AvgIpc) is 2.45. The smallest absolute Gasteiger partial charge is 0.0359 e. The van der Waals surface area contributed by atoms with Crippen molar-refractivity contribution in [3.8, 4) is 0 Å². The highest BCUT2D eigenvalue weighted by Crippen LogP contribution is 2.34. The van der Waals surface area contributed by atoms with Gasteiger partial charge in [-0.15, -0.1) is 0 Å². The predicted molar refractivity (Wildman–Crippen MR) is 82.8 cm³/mol. The number of hydrogen-bond acceptors (Lipinski definition) is 1. The molecule has 0 atom stereocenters. The van der Waals surface area contributed by atoms with E-state index >= 15 is 0 Å². The zero-order chi connectivity index (χ0) is 12.8. The van der Waals surface area contributed by atoms with Gasteiger partial charge in [0.2, 0.25) is 0 Å². The van der Waals surface area contributed by atoms with Crippen molar-refractivity contribution < 1.29 is 0 Å². The van der Waals surface area contributed by atoms with E-state index in [4.69, 9.17) is 11.8 Å². The molecule has 1 N–H and O–H groups in total. The lowest BCUT2D eigenvalue weighted by Crippen LogP contribution is -1.98. The third-order valence-corrected chi connectivity index (χ3v) is 3.93. The average molecular weight is 266 g/mol. The summed E-state index contributed by atoms with van der Waals surface area (Å²) in [5, 5.41) is 7.89. The molecule has 0 unspecified atom stereocenters. The highest BCUT2D eigenvalue weighted by atomic mass is 35.5. The van der Waals surface area contributed by atoms with Gasteiger partial charge in [0.15, 0.2) is 0 Å². The van der Waals surface area contributed by atoms with Crippen molar-refractivity contribution >= 4 is 44.1 Å². The molecule has 0 saturated heterocycles. The maximum atomic E-state index is 5.62. The summed E-state index contributed by atoms with van der Waals surface area (Å²) < 4.78 is 0. The summed E-state index contributed by atoms with van der Waals surface area (Å²) in [6, 6.07) is 19.7. The maximum Gasteiger partial charge on any atom is 0.0359 e. The van der Waals surface area contributed by atoms with Crippen LogP contribution in [0.2, 0.25) is 0 Å². The fourth-order valence-corrected chi connectivity index (χ4v) is 3.15. The summed E-state index contributed by atoms with van der Waals surface area (Å²) in [6.07, 6.45) is 0. The Morgan fingerprint density at radius 1 is 0.737 bits per heavy atom. The maximum absolute atomic E-state index is 5.62. The van der Waals surface area contributed by atoms with Crippen molar-refractivity contribution in [1.29, 1.82) is 0 Å². The molecule has 0 aromatic heterocycles. The minimum absolute atomic E-state index is 0.679. The summed E-state index contributed by atoms with van der Waals surface area (Å²) in [6.45, 7) is 0.679. The molecular formula is C17H12ClN. The Kier molecular flexibility index (Phi) is 2.37. The molecule has 0 fully saturated rings. The van der Waals surface area contributed by atoms with Gasteiger partial charge in [-0.3, -0.25) is 0 Å². The molecule has 0 bridgehead atoms. The van der Waals surface area contributed by atoms with Gasteiger partial charge in [0.25, 0.3) is 0 Å². The van der Waals surface area contributed by atoms with Crippen LogP contribution in [0, 0.1) is 0 Å². The second-order valence-corrected chi connectivity index (χ2v) is 5.21. The van der Waals surface area contributed by atoms with Crippen LogP contribution in [0.1, 0.15) is 5.56 Å². The summed E-state index contributed by atoms with van der Waals surface area (Å²) in [5.74, 6) is 0. The summed E-state index contributed by atoms with van der Waals surface area (Å²) in [4.78, 5) is 2.70. The van der Waals surface area contributed by atoms with Gasteiger partial charge in [0, 0.05) is 6.54 Å². The van der Waals surface area contributed by atoms with Crippen molar-refractivity contribution in [2.45, 2.75) is 6.54 Å². The Labute approximate surface area is 116 Å². The number of hydrogen-bond donors (Lipinski definition) is 1. The van der Waals surface area contributed by atoms with Crippen molar-refractivity contribution in [3.05, 3.63) is 60.2 Å². The van der Waals surface area contributed by atoms with E-state index in [-0.39, 0.29) is 0 Å². The third kappa shape index (κ3) is 1.59. The Bertz CT molecular complexity index is 818. The van der Waals surface area contributed by atoms with E-state index in [1.807, 2.05) is 0 Å². The van der Waals surface area contributed by atoms with Crippen LogP contribution in [0.3, 0.4) is 0 Å². The van der Waals surface area contributed by atoms with Crippen molar-refractivity contribution in [3.63, 3.8) is 0 Å². The Morgan fingerprint density at radius 2 is 1.26 bits per heavy atom. The van der Waals surface area contributed by atoms with Crippen molar-refractivity contribution in [1.82, 2.24) is 4.84 Å². The second-order valence-electron chi connectivity index (χ2n) is 4.94. The van der Waals surface area contributed by atoms with Crippen LogP contribution in [-0.2, 0) is 6.54 Å². The highest BCUT2D eigenvalue weighted by Gasteiger charge is 2.08. The Hall–Kier alpha value is -1.83. The molecule has 92 valence electrons. The molecule has 1 nitrogen and oxygen atoms in total. The zero-order valence-corrected chi connectivity index (χ0v) is 11.0. The van der Waals surface area contributed by atoms with Gasteiger partial charge in [-0.25, -0.2) is 4.84 Å². The number of rotatable bonds is 2. The van der Waals surface area contributed by atoms with Gasteiger partial charge in [-0.05, 0) is 61.8 Å². The molecule has 0 saturated carbocycles. The normalized spacial score (nSPS) is 11.8. The second kappa shape index (κ2) is 4.09. The molecule has 4 aromatic carbocycles. The third-order valence-electron chi connectivity index (χ3n) is 3.79. The van der Waals surface area contributed by atoms with Gasteiger partial charge in [-0.1, -0.05) is 42.5 Å². The van der Waals surface area contributed by atoms with E-state index in [9.17, 15) is 0 Å². The molecule has 19 heavy (non-hydrogen) atoms. The van der Waals surface area contributed by atoms with Crippen LogP contribution in [0.5, 0.6) is 0 Å². The van der Waals surface area contributed by atoms with Gasteiger partial charge < -0.3 is 0 Å². The van der Waals surface area contributed by atoms with Crippen molar-refractivity contribution in [2.75, 3.05) is 0 Å². The molecule has 0 spiro atoms. The molecule has 4 rings (SSSR count). The molecule has 4 aromatic rings. The molecule has 2 heteroatoms. The summed E-state index contributed by atoms with van der Waals surface area (Å²) in [7, 11) is 0. The monoisotopic (exact) mass is 265 g/mol. The lowest BCUT2D eigenvalue weighted by atomic mass is 9.93. The first-order valence-electron chi connectivity index (χ1n) is 6.37. The van der Waals surface area contributed by atoms with E-state index in [2.05, 4.69) is 59.4 Å². The lowest BCUT2D eigenvalue weighted by molar-refractivity contribution is 0.968. The van der Waals surface area contributed by atoms with Crippen LogP contribution in [-0.4, -0.2) is 0 Å². The van der Waals surface area contributed by atoms with E-state index in [1.54, 1.807) is 0 Å². The SMILES string of the molecule is ClNCc1cc2ccc3cccc4ccc(c1)c2c34. The van der Waals surface area contributed by atoms with E-state index in [0.29, 0.717) is 6.54 Å². The fraction of sp³-hybridized carbons (Fsp3) is 0.0588. The number of halogens is 1. The molecule has 0 aliphatic carbocycles. The summed E-state index contributed by atoms with van der Waals surface area (Å²) in [5.41, 5.74) is 1.21. The topological polar surface area (TPSA) is 12.0 Å². The van der Waals surface area contributed by atoms with Crippen LogP contribution >= 0.6 is 11.8 Å². The van der Waals surface area contributed by atoms with Gasteiger partial charge in [0.05, 0.1) is 0 Å². The molecule has 0 aliphatic heterocycles. The van der Waals surface area contributed by atoms with Gasteiger partial charge in [-0.2, -0.15) is 0 Å². The summed E-state index contributed by atoms with van der Waals surface area (Å²) >= 11 is 5.62. The van der Waals surface area contributed by atoms with Gasteiger partial charge >= 0.3 is 0 Å². The van der Waals surface area contributed by atoms with Gasteiger partial charge in [0.1, 0.15) is 0 Å². The number of benzene rings is 4. The zero-order valence-electron chi connectivity index (χ0n) is 10.3. The fourth-order valence-electron chi connectivity index (χ4n) is 3.00. The minimum atomic E-state index is 0.679. The molecule has 0 heterocycles. The molecule has 0 amide bonds. The predicted octanol–water partition coefficient (Wildman–Crippen LogP) is 4.83. The quantitative estimate of drug-likeness (QED) is 0.404. The minimum Gasteiger partial charge on any atom is -0.229 e. The van der Waals surface area contributed by atoms with E-state index < -0.39 is 0 Å². The standard InChI is InChI=1S/C17H12ClN/c18-19-10-11-8-14-6-4-12-2-1-3-13-5-7-15(9-11)17(14)16(12)13/h1-9,19H,10H2. The Morgan fingerprint density at radius 3 is 1.84 bits per heavy atom. The first kappa shape index (κ1) is 11.0. The Balaban J connectivity index is 2.22. The number of nitrogens with one attached hydrogen (secondary N) is 1. The lowest BCUT2D eigenvalue weighted by Gasteiger charge is -2.12. The first-order valence-corrected chi connectivity index (χ1v) is 6.74. The molecule has 0 radical (unpaired) electrons. The molecular weight excluding hydrogens is 254 g/mol.